The Balaban J connectivity index is 1.58. The number of anilines is 1. The molecule has 0 radical (unpaired) electrons. The Morgan fingerprint density at radius 3 is 2.07 bits per heavy atom. The molecule has 2 N–H and O–H groups in total. The second-order valence-corrected chi connectivity index (χ2v) is 5.83. The molecule has 0 fully saturated rings. The minimum atomic E-state index is -1.03. The normalized spacial score (nSPS) is 10.3. The molecule has 136 valence electrons. The van der Waals surface area contributed by atoms with E-state index < -0.39 is 17.5 Å². The van der Waals surface area contributed by atoms with Gasteiger partial charge in [0.2, 0.25) is 0 Å². The summed E-state index contributed by atoms with van der Waals surface area (Å²) in [4.78, 5) is 24.2. The van der Waals surface area contributed by atoms with E-state index in [1.54, 1.807) is 48.5 Å². The molecular formula is C21H16F2N2O2. The largest absolute Gasteiger partial charge is 0.348 e. The number of carbonyl (C=O) groups excluding carboxylic acids is 2. The highest BCUT2D eigenvalue weighted by molar-refractivity contribution is 6.04. The van der Waals surface area contributed by atoms with Crippen LogP contribution in [-0.2, 0) is 6.54 Å². The van der Waals surface area contributed by atoms with Crippen molar-refractivity contribution in [2.45, 2.75) is 6.54 Å². The monoisotopic (exact) mass is 366 g/mol. The van der Waals surface area contributed by atoms with Crippen molar-refractivity contribution in [1.82, 2.24) is 5.32 Å². The van der Waals surface area contributed by atoms with Gasteiger partial charge in [0, 0.05) is 29.4 Å². The van der Waals surface area contributed by atoms with Crippen LogP contribution in [0.1, 0.15) is 26.3 Å². The summed E-state index contributed by atoms with van der Waals surface area (Å²) < 4.78 is 26.1. The molecule has 3 aromatic carbocycles. The third-order valence-electron chi connectivity index (χ3n) is 3.88. The van der Waals surface area contributed by atoms with Crippen molar-refractivity contribution < 1.29 is 18.4 Å². The van der Waals surface area contributed by atoms with Gasteiger partial charge >= 0.3 is 0 Å². The molecule has 4 nitrogen and oxygen atoms in total. The van der Waals surface area contributed by atoms with Crippen LogP contribution in [0.2, 0.25) is 0 Å². The van der Waals surface area contributed by atoms with Crippen LogP contribution in [0.4, 0.5) is 14.5 Å². The average Bonchev–Trinajstić information content (AvgIpc) is 2.70. The summed E-state index contributed by atoms with van der Waals surface area (Å²) in [5.41, 5.74) is 1.92. The molecule has 3 aromatic rings. The van der Waals surface area contributed by atoms with Gasteiger partial charge in [0.15, 0.2) is 11.6 Å². The van der Waals surface area contributed by atoms with E-state index in [4.69, 9.17) is 0 Å². The lowest BCUT2D eigenvalue weighted by Crippen LogP contribution is -2.22. The molecule has 0 aliphatic rings. The van der Waals surface area contributed by atoms with E-state index in [2.05, 4.69) is 10.6 Å². The van der Waals surface area contributed by atoms with E-state index in [0.29, 0.717) is 17.7 Å². The Morgan fingerprint density at radius 2 is 1.41 bits per heavy atom. The Kier molecular flexibility index (Phi) is 5.56. The van der Waals surface area contributed by atoms with E-state index in [-0.39, 0.29) is 11.6 Å². The van der Waals surface area contributed by atoms with Crippen LogP contribution in [0.15, 0.2) is 72.8 Å². The third kappa shape index (κ3) is 4.76. The van der Waals surface area contributed by atoms with Gasteiger partial charge in [-0.15, -0.1) is 0 Å². The standard InChI is InChI=1S/C21H16F2N2O2/c22-18-11-10-17(12-19(18)23)25-21(27)16-8-6-14(7-9-16)13-24-20(26)15-4-2-1-3-5-15/h1-12H,13H2,(H,24,26)(H,25,27). The Hall–Kier alpha value is -3.54. The second-order valence-electron chi connectivity index (χ2n) is 5.83. The Labute approximate surface area is 154 Å². The maximum absolute atomic E-state index is 13.2. The number of carbonyl (C=O) groups is 2. The number of rotatable bonds is 5. The van der Waals surface area contributed by atoms with Crippen LogP contribution in [-0.4, -0.2) is 11.8 Å². The first-order valence-corrected chi connectivity index (χ1v) is 8.21. The molecule has 0 aromatic heterocycles. The van der Waals surface area contributed by atoms with Crippen LogP contribution in [0.25, 0.3) is 0 Å². The summed E-state index contributed by atoms with van der Waals surface area (Å²) in [5, 5.41) is 5.30. The van der Waals surface area contributed by atoms with Gasteiger partial charge in [0.1, 0.15) is 0 Å². The SMILES string of the molecule is O=C(NCc1ccc(C(=O)Nc2ccc(F)c(F)c2)cc1)c1ccccc1. The van der Waals surface area contributed by atoms with Gasteiger partial charge in [0.05, 0.1) is 0 Å². The van der Waals surface area contributed by atoms with Gasteiger partial charge in [-0.25, -0.2) is 8.78 Å². The van der Waals surface area contributed by atoms with Crippen LogP contribution < -0.4 is 10.6 Å². The minimum Gasteiger partial charge on any atom is -0.348 e. The van der Waals surface area contributed by atoms with Crippen molar-refractivity contribution in [1.29, 1.82) is 0 Å². The topological polar surface area (TPSA) is 58.2 Å². The van der Waals surface area contributed by atoms with Crippen molar-refractivity contribution in [2.75, 3.05) is 5.32 Å². The van der Waals surface area contributed by atoms with Crippen LogP contribution in [0.5, 0.6) is 0 Å². The van der Waals surface area contributed by atoms with Crippen molar-refractivity contribution in [3.8, 4) is 0 Å². The number of hydrogen-bond donors (Lipinski definition) is 2. The van der Waals surface area contributed by atoms with E-state index in [0.717, 1.165) is 17.7 Å². The van der Waals surface area contributed by atoms with Crippen LogP contribution in [0, 0.1) is 11.6 Å². The first-order valence-electron chi connectivity index (χ1n) is 8.21. The van der Waals surface area contributed by atoms with E-state index in [1.165, 1.54) is 6.07 Å². The van der Waals surface area contributed by atoms with Gasteiger partial charge in [-0.1, -0.05) is 30.3 Å². The second kappa shape index (κ2) is 8.23. The molecule has 0 heterocycles. The van der Waals surface area contributed by atoms with Crippen molar-refractivity contribution >= 4 is 17.5 Å². The maximum atomic E-state index is 13.2. The number of benzene rings is 3. The number of amides is 2. The zero-order chi connectivity index (χ0) is 19.2. The molecule has 0 bridgehead atoms. The molecule has 3 rings (SSSR count). The highest BCUT2D eigenvalue weighted by Gasteiger charge is 2.09. The summed E-state index contributed by atoms with van der Waals surface area (Å²) in [7, 11) is 0. The molecular weight excluding hydrogens is 350 g/mol. The zero-order valence-electron chi connectivity index (χ0n) is 14.2. The van der Waals surface area contributed by atoms with E-state index in [9.17, 15) is 18.4 Å². The van der Waals surface area contributed by atoms with Gasteiger partial charge < -0.3 is 10.6 Å². The minimum absolute atomic E-state index is 0.165. The van der Waals surface area contributed by atoms with Gasteiger partial charge in [-0.05, 0) is 42.0 Å². The highest BCUT2D eigenvalue weighted by Crippen LogP contribution is 2.15. The summed E-state index contributed by atoms with van der Waals surface area (Å²) in [6, 6.07) is 18.6. The van der Waals surface area contributed by atoms with Crippen molar-refractivity contribution in [3.63, 3.8) is 0 Å². The molecule has 27 heavy (non-hydrogen) atoms. The van der Waals surface area contributed by atoms with Crippen LogP contribution >= 0.6 is 0 Å². The summed E-state index contributed by atoms with van der Waals surface area (Å²) in [6.07, 6.45) is 0. The van der Waals surface area contributed by atoms with E-state index in [1.807, 2.05) is 6.07 Å². The molecule has 0 aliphatic heterocycles. The quantitative estimate of drug-likeness (QED) is 0.713. The molecule has 6 heteroatoms. The van der Waals surface area contributed by atoms with Gasteiger partial charge in [-0.3, -0.25) is 9.59 Å². The third-order valence-corrected chi connectivity index (χ3v) is 3.88. The lowest BCUT2D eigenvalue weighted by Gasteiger charge is -2.08. The molecule has 0 atom stereocenters. The molecule has 0 spiro atoms. The van der Waals surface area contributed by atoms with E-state index >= 15 is 0 Å². The predicted octanol–water partition coefficient (Wildman–Crippen LogP) is 4.15. The first-order chi connectivity index (χ1) is 13.0. The molecule has 0 aliphatic carbocycles. The van der Waals surface area contributed by atoms with Gasteiger partial charge in [0.25, 0.3) is 11.8 Å². The average molecular weight is 366 g/mol. The van der Waals surface area contributed by atoms with Crippen molar-refractivity contribution in [2.24, 2.45) is 0 Å². The molecule has 0 saturated carbocycles. The Morgan fingerprint density at radius 1 is 0.741 bits per heavy atom. The highest BCUT2D eigenvalue weighted by atomic mass is 19.2. The molecule has 0 saturated heterocycles. The zero-order valence-corrected chi connectivity index (χ0v) is 14.2. The fourth-order valence-electron chi connectivity index (χ4n) is 2.43. The predicted molar refractivity (Wildman–Crippen MR) is 98.4 cm³/mol. The number of hydrogen-bond acceptors (Lipinski definition) is 2. The Bertz CT molecular complexity index is 958. The summed E-state index contributed by atoms with van der Waals surface area (Å²) in [5.74, 6) is -2.64. The summed E-state index contributed by atoms with van der Waals surface area (Å²) >= 11 is 0. The van der Waals surface area contributed by atoms with Crippen molar-refractivity contribution in [3.05, 3.63) is 101 Å². The first kappa shape index (κ1) is 18.3. The fourth-order valence-corrected chi connectivity index (χ4v) is 2.43. The molecule has 0 unspecified atom stereocenters. The van der Waals surface area contributed by atoms with Crippen LogP contribution in [0.3, 0.4) is 0 Å². The fraction of sp³-hybridized carbons (Fsp3) is 0.0476. The lowest BCUT2D eigenvalue weighted by molar-refractivity contribution is 0.0949. The number of halogens is 2. The molecule has 2 amide bonds. The smallest absolute Gasteiger partial charge is 0.255 e. The summed E-state index contributed by atoms with van der Waals surface area (Å²) in [6.45, 7) is 0.318. The lowest BCUT2D eigenvalue weighted by atomic mass is 10.1. The number of nitrogens with one attached hydrogen (secondary N) is 2. The maximum Gasteiger partial charge on any atom is 0.255 e. The van der Waals surface area contributed by atoms with Gasteiger partial charge in [-0.2, -0.15) is 0 Å².